The van der Waals surface area contributed by atoms with Crippen LogP contribution in [0.4, 0.5) is 17.1 Å². The molecule has 0 radical (unpaired) electrons. The van der Waals surface area contributed by atoms with E-state index in [0.717, 1.165) is 6.07 Å². The third-order valence-corrected chi connectivity index (χ3v) is 1.67. The van der Waals surface area contributed by atoms with Gasteiger partial charge in [-0.3, -0.25) is 10.1 Å². The first-order valence-electron chi connectivity index (χ1n) is 3.01. The molecule has 0 atom stereocenters. The number of nitrogen functional groups attached to an aromatic ring is 2. The average Bonchev–Trinajstić information content (AvgIpc) is 1.96. The SMILES string of the molecule is Nc1cc([N+](=O)[O-])c(N)cc1Cl. The Kier molecular flexibility index (Phi) is 2.05. The Labute approximate surface area is 73.1 Å². The number of hydrogen-bond acceptors (Lipinski definition) is 4. The lowest BCUT2D eigenvalue weighted by molar-refractivity contribution is -0.383. The van der Waals surface area contributed by atoms with Crippen molar-refractivity contribution < 1.29 is 4.92 Å². The Morgan fingerprint density at radius 3 is 2.42 bits per heavy atom. The predicted octanol–water partition coefficient (Wildman–Crippen LogP) is 1.41. The fourth-order valence-corrected chi connectivity index (χ4v) is 0.924. The summed E-state index contributed by atoms with van der Waals surface area (Å²) in [5.74, 6) is 0. The average molecular weight is 188 g/mol. The molecule has 0 amide bonds. The number of nitrogens with zero attached hydrogens (tertiary/aromatic N) is 1. The van der Waals surface area contributed by atoms with Crippen LogP contribution in [0.2, 0.25) is 5.02 Å². The highest BCUT2D eigenvalue weighted by atomic mass is 35.5. The summed E-state index contributed by atoms with van der Waals surface area (Å²) >= 11 is 5.56. The van der Waals surface area contributed by atoms with Crippen LogP contribution >= 0.6 is 11.6 Å². The second kappa shape index (κ2) is 2.86. The summed E-state index contributed by atoms with van der Waals surface area (Å²) in [5.41, 5.74) is 10.6. The minimum absolute atomic E-state index is 0.0131. The van der Waals surface area contributed by atoms with E-state index in [2.05, 4.69) is 0 Å². The van der Waals surface area contributed by atoms with E-state index >= 15 is 0 Å². The minimum atomic E-state index is -0.609. The molecule has 0 spiro atoms. The van der Waals surface area contributed by atoms with E-state index in [0.29, 0.717) is 0 Å². The molecule has 5 nitrogen and oxygen atoms in total. The van der Waals surface area contributed by atoms with Crippen molar-refractivity contribution in [3.8, 4) is 0 Å². The zero-order valence-electron chi connectivity index (χ0n) is 5.95. The monoisotopic (exact) mass is 187 g/mol. The molecule has 0 aliphatic carbocycles. The summed E-state index contributed by atoms with van der Waals surface area (Å²) in [6, 6.07) is 2.40. The number of nitrogens with two attached hydrogens (primary N) is 2. The van der Waals surface area contributed by atoms with Gasteiger partial charge in [-0.15, -0.1) is 0 Å². The van der Waals surface area contributed by atoms with Crippen molar-refractivity contribution in [3.63, 3.8) is 0 Å². The first-order valence-corrected chi connectivity index (χ1v) is 3.39. The van der Waals surface area contributed by atoms with Crippen LogP contribution in [-0.4, -0.2) is 4.92 Å². The van der Waals surface area contributed by atoms with Gasteiger partial charge in [0.05, 0.1) is 15.6 Å². The zero-order chi connectivity index (χ0) is 9.30. The van der Waals surface area contributed by atoms with Crippen LogP contribution in [0.3, 0.4) is 0 Å². The lowest BCUT2D eigenvalue weighted by atomic mass is 10.2. The molecule has 0 aliphatic rings. The third-order valence-electron chi connectivity index (χ3n) is 1.34. The van der Waals surface area contributed by atoms with Crippen LogP contribution in [0.5, 0.6) is 0 Å². The van der Waals surface area contributed by atoms with Crippen LogP contribution in [0.25, 0.3) is 0 Å². The molecule has 6 heteroatoms. The van der Waals surface area contributed by atoms with Gasteiger partial charge >= 0.3 is 0 Å². The lowest BCUT2D eigenvalue weighted by Crippen LogP contribution is -1.97. The summed E-state index contributed by atoms with van der Waals surface area (Å²) in [6.07, 6.45) is 0. The molecule has 0 fully saturated rings. The van der Waals surface area contributed by atoms with Gasteiger partial charge in [-0.1, -0.05) is 11.6 Å². The first-order chi connectivity index (χ1) is 5.52. The highest BCUT2D eigenvalue weighted by Gasteiger charge is 2.13. The molecule has 0 aromatic heterocycles. The van der Waals surface area contributed by atoms with Gasteiger partial charge in [-0.2, -0.15) is 0 Å². The zero-order valence-corrected chi connectivity index (χ0v) is 6.71. The number of rotatable bonds is 1. The van der Waals surface area contributed by atoms with Crippen molar-refractivity contribution in [3.05, 3.63) is 27.3 Å². The van der Waals surface area contributed by atoms with Crippen LogP contribution in [-0.2, 0) is 0 Å². The predicted molar refractivity (Wildman–Crippen MR) is 46.9 cm³/mol. The maximum Gasteiger partial charge on any atom is 0.294 e. The maximum absolute atomic E-state index is 10.3. The molecule has 0 heterocycles. The van der Waals surface area contributed by atoms with Crippen LogP contribution in [0.15, 0.2) is 12.1 Å². The Morgan fingerprint density at radius 2 is 1.92 bits per heavy atom. The largest absolute Gasteiger partial charge is 0.397 e. The highest BCUT2D eigenvalue weighted by Crippen LogP contribution is 2.30. The van der Waals surface area contributed by atoms with E-state index in [-0.39, 0.29) is 22.1 Å². The summed E-state index contributed by atoms with van der Waals surface area (Å²) in [6.45, 7) is 0. The molecule has 1 aromatic carbocycles. The van der Waals surface area contributed by atoms with Crippen molar-refractivity contribution in [1.29, 1.82) is 0 Å². The van der Waals surface area contributed by atoms with E-state index in [1.807, 2.05) is 0 Å². The Balaban J connectivity index is 3.33. The molecule has 0 bridgehead atoms. The molecule has 0 saturated heterocycles. The maximum atomic E-state index is 10.3. The van der Waals surface area contributed by atoms with Gasteiger partial charge in [0.1, 0.15) is 5.69 Å². The molecule has 1 rings (SSSR count). The topological polar surface area (TPSA) is 95.2 Å². The fourth-order valence-electron chi connectivity index (χ4n) is 0.751. The van der Waals surface area contributed by atoms with Crippen molar-refractivity contribution in [1.82, 2.24) is 0 Å². The van der Waals surface area contributed by atoms with E-state index in [9.17, 15) is 10.1 Å². The van der Waals surface area contributed by atoms with Gasteiger partial charge in [-0.25, -0.2) is 0 Å². The molecule has 1 aromatic rings. The number of nitro benzene ring substituents is 1. The fraction of sp³-hybridized carbons (Fsp3) is 0. The highest BCUT2D eigenvalue weighted by molar-refractivity contribution is 6.33. The van der Waals surface area contributed by atoms with E-state index in [1.165, 1.54) is 6.07 Å². The quantitative estimate of drug-likeness (QED) is 0.395. The number of hydrogen-bond donors (Lipinski definition) is 2. The normalized spacial score (nSPS) is 9.75. The molecular weight excluding hydrogens is 182 g/mol. The Morgan fingerprint density at radius 1 is 1.33 bits per heavy atom. The van der Waals surface area contributed by atoms with Crippen molar-refractivity contribution in [2.75, 3.05) is 11.5 Å². The first kappa shape index (κ1) is 8.61. The third kappa shape index (κ3) is 1.40. The second-order valence-corrected chi connectivity index (χ2v) is 2.60. The van der Waals surface area contributed by atoms with Gasteiger partial charge in [0, 0.05) is 6.07 Å². The van der Waals surface area contributed by atoms with Crippen molar-refractivity contribution >= 4 is 28.7 Å². The smallest absolute Gasteiger partial charge is 0.294 e. The van der Waals surface area contributed by atoms with Gasteiger partial charge < -0.3 is 11.5 Å². The lowest BCUT2D eigenvalue weighted by Gasteiger charge is -2.00. The minimum Gasteiger partial charge on any atom is -0.397 e. The number of halogens is 1. The number of benzene rings is 1. The van der Waals surface area contributed by atoms with Gasteiger partial charge in [-0.05, 0) is 6.07 Å². The van der Waals surface area contributed by atoms with Crippen LogP contribution < -0.4 is 11.5 Å². The molecule has 0 unspecified atom stereocenters. The van der Waals surface area contributed by atoms with Crippen LogP contribution in [0.1, 0.15) is 0 Å². The molecule has 12 heavy (non-hydrogen) atoms. The second-order valence-electron chi connectivity index (χ2n) is 2.19. The van der Waals surface area contributed by atoms with Gasteiger partial charge in [0.15, 0.2) is 0 Å². The molecule has 0 aliphatic heterocycles. The summed E-state index contributed by atoms with van der Waals surface area (Å²) in [4.78, 5) is 9.70. The summed E-state index contributed by atoms with van der Waals surface area (Å²) < 4.78 is 0. The van der Waals surface area contributed by atoms with Gasteiger partial charge in [0.25, 0.3) is 5.69 Å². The van der Waals surface area contributed by atoms with Crippen LogP contribution in [0, 0.1) is 10.1 Å². The van der Waals surface area contributed by atoms with Gasteiger partial charge in [0.2, 0.25) is 0 Å². The number of anilines is 2. The van der Waals surface area contributed by atoms with Crippen molar-refractivity contribution in [2.24, 2.45) is 0 Å². The Hall–Kier alpha value is -1.49. The van der Waals surface area contributed by atoms with E-state index in [1.54, 1.807) is 0 Å². The van der Waals surface area contributed by atoms with E-state index < -0.39 is 4.92 Å². The summed E-state index contributed by atoms with van der Waals surface area (Å²) in [5, 5.41) is 10.5. The van der Waals surface area contributed by atoms with E-state index in [4.69, 9.17) is 23.1 Å². The molecule has 64 valence electrons. The summed E-state index contributed by atoms with van der Waals surface area (Å²) in [7, 11) is 0. The standard InChI is InChI=1S/C6H6ClN3O2/c7-3-1-5(9)6(10(11)12)2-4(3)8/h1-2H,8-9H2. The molecule has 0 saturated carbocycles. The molecule has 4 N–H and O–H groups in total. The number of nitro groups is 1. The molecular formula is C6H6ClN3O2. The van der Waals surface area contributed by atoms with Crippen molar-refractivity contribution in [2.45, 2.75) is 0 Å². The Bertz CT molecular complexity index is 340.